The second-order valence-electron chi connectivity index (χ2n) is 4.98. The highest BCUT2D eigenvalue weighted by Gasteiger charge is 2.05. The van der Waals surface area contributed by atoms with Crippen molar-refractivity contribution in [1.82, 2.24) is 4.98 Å². The van der Waals surface area contributed by atoms with Gasteiger partial charge in [0.1, 0.15) is 0 Å². The maximum atomic E-state index is 6.03. The van der Waals surface area contributed by atoms with Crippen molar-refractivity contribution in [3.8, 4) is 11.3 Å². The maximum absolute atomic E-state index is 6.03. The minimum Gasteiger partial charge on any atom is -0.252 e. The molecule has 0 radical (unpaired) electrons. The lowest BCUT2D eigenvalue weighted by atomic mass is 10.1. The summed E-state index contributed by atoms with van der Waals surface area (Å²) in [6.07, 6.45) is 0. The van der Waals surface area contributed by atoms with E-state index in [1.165, 1.54) is 11.3 Å². The molecule has 2 aromatic carbocycles. The largest absolute Gasteiger partial charge is 0.252 e. The van der Waals surface area contributed by atoms with Gasteiger partial charge in [-0.15, -0.1) is 11.3 Å². The topological polar surface area (TPSA) is 37.3 Å². The summed E-state index contributed by atoms with van der Waals surface area (Å²) in [6, 6.07) is 13.0. The van der Waals surface area contributed by atoms with E-state index in [9.17, 15) is 0 Å². The van der Waals surface area contributed by atoms with Gasteiger partial charge in [0.15, 0.2) is 0 Å². The molecule has 122 valence electrons. The van der Waals surface area contributed by atoms with E-state index in [1.807, 2.05) is 42.6 Å². The lowest BCUT2D eigenvalue weighted by molar-refractivity contribution is 1.27. The number of nitrogens with zero attached hydrogens (tertiary/aromatic N) is 2. The van der Waals surface area contributed by atoms with Gasteiger partial charge < -0.3 is 0 Å². The maximum Gasteiger partial charge on any atom is 0.203 e. The second kappa shape index (κ2) is 7.53. The summed E-state index contributed by atoms with van der Waals surface area (Å²) in [5.41, 5.74) is 6.54. The fraction of sp³-hybridized carbons (Fsp3) is 0.0588. The Morgan fingerprint density at radius 2 is 1.79 bits per heavy atom. The first kappa shape index (κ1) is 17.2. The molecular formula is C17H12Cl3N3S. The highest BCUT2D eigenvalue weighted by molar-refractivity contribution is 7.14. The number of hydrazone groups is 1. The molecule has 0 unspecified atom stereocenters. The fourth-order valence-electron chi connectivity index (χ4n) is 2.00. The SMILES string of the molecule is C/C(=N\Nc1nc(-c2ccc(Cl)cc2)cs1)c1ccc(Cl)c(Cl)c1. The first-order chi connectivity index (χ1) is 11.5. The van der Waals surface area contributed by atoms with E-state index in [1.54, 1.807) is 12.1 Å². The van der Waals surface area contributed by atoms with Crippen molar-refractivity contribution < 1.29 is 0 Å². The van der Waals surface area contributed by atoms with Crippen molar-refractivity contribution in [2.45, 2.75) is 6.92 Å². The Kier molecular flexibility index (Phi) is 5.41. The Hall–Kier alpha value is -1.59. The smallest absolute Gasteiger partial charge is 0.203 e. The van der Waals surface area contributed by atoms with Gasteiger partial charge in [-0.05, 0) is 36.8 Å². The number of rotatable bonds is 4. The molecule has 0 spiro atoms. The zero-order chi connectivity index (χ0) is 17.1. The number of thiazole rings is 1. The molecule has 1 heterocycles. The molecule has 0 saturated heterocycles. The highest BCUT2D eigenvalue weighted by atomic mass is 35.5. The van der Waals surface area contributed by atoms with Crippen LogP contribution < -0.4 is 5.43 Å². The van der Waals surface area contributed by atoms with Gasteiger partial charge >= 0.3 is 0 Å². The third-order valence-electron chi connectivity index (χ3n) is 3.30. The Balaban J connectivity index is 1.74. The molecule has 0 saturated carbocycles. The van der Waals surface area contributed by atoms with Gasteiger partial charge in [0, 0.05) is 16.0 Å². The van der Waals surface area contributed by atoms with E-state index in [0.717, 1.165) is 22.5 Å². The molecule has 1 N–H and O–H groups in total. The predicted octanol–water partition coefficient (Wildman–Crippen LogP) is 6.61. The van der Waals surface area contributed by atoms with Crippen molar-refractivity contribution in [2.24, 2.45) is 5.10 Å². The Bertz CT molecular complexity index is 888. The fourth-order valence-corrected chi connectivity index (χ4v) is 3.08. The van der Waals surface area contributed by atoms with Crippen molar-refractivity contribution in [3.63, 3.8) is 0 Å². The van der Waals surface area contributed by atoms with Gasteiger partial charge in [-0.2, -0.15) is 5.10 Å². The molecule has 0 bridgehead atoms. The molecule has 3 nitrogen and oxygen atoms in total. The molecule has 0 aliphatic rings. The van der Waals surface area contributed by atoms with Crippen molar-refractivity contribution in [1.29, 1.82) is 0 Å². The van der Waals surface area contributed by atoms with E-state index >= 15 is 0 Å². The Morgan fingerprint density at radius 3 is 2.50 bits per heavy atom. The highest BCUT2D eigenvalue weighted by Crippen LogP contribution is 2.26. The first-order valence-electron chi connectivity index (χ1n) is 7.00. The monoisotopic (exact) mass is 395 g/mol. The zero-order valence-corrected chi connectivity index (χ0v) is 15.6. The van der Waals surface area contributed by atoms with Crippen molar-refractivity contribution >= 4 is 57.0 Å². The van der Waals surface area contributed by atoms with Crippen LogP contribution in [0.25, 0.3) is 11.3 Å². The third kappa shape index (κ3) is 4.08. The summed E-state index contributed by atoms with van der Waals surface area (Å²) < 4.78 is 0. The molecule has 0 fully saturated rings. The molecule has 0 aliphatic heterocycles. The van der Waals surface area contributed by atoms with Crippen LogP contribution in [-0.2, 0) is 0 Å². The molecule has 0 amide bonds. The van der Waals surface area contributed by atoms with Crippen molar-refractivity contribution in [3.05, 3.63) is 68.5 Å². The molecule has 3 aromatic rings. The summed E-state index contributed by atoms with van der Waals surface area (Å²) in [4.78, 5) is 4.52. The van der Waals surface area contributed by atoms with Crippen LogP contribution in [0.1, 0.15) is 12.5 Å². The first-order valence-corrected chi connectivity index (χ1v) is 9.01. The number of anilines is 1. The summed E-state index contributed by atoms with van der Waals surface area (Å²) in [5, 5.41) is 8.75. The number of hydrogen-bond donors (Lipinski definition) is 1. The average Bonchev–Trinajstić information content (AvgIpc) is 3.05. The Labute approximate surface area is 158 Å². The molecular weight excluding hydrogens is 385 g/mol. The minimum atomic E-state index is 0.503. The molecule has 0 aliphatic carbocycles. The second-order valence-corrected chi connectivity index (χ2v) is 7.09. The molecule has 1 aromatic heterocycles. The van der Waals surface area contributed by atoms with Gasteiger partial charge in [0.05, 0.1) is 21.5 Å². The van der Waals surface area contributed by atoms with Gasteiger partial charge in [0.2, 0.25) is 5.13 Å². The number of hydrogen-bond acceptors (Lipinski definition) is 4. The average molecular weight is 397 g/mol. The van der Waals surface area contributed by atoms with Crippen LogP contribution in [0.2, 0.25) is 15.1 Å². The Morgan fingerprint density at radius 1 is 1.04 bits per heavy atom. The molecule has 7 heteroatoms. The zero-order valence-electron chi connectivity index (χ0n) is 12.6. The van der Waals surface area contributed by atoms with E-state index in [0.29, 0.717) is 20.2 Å². The van der Waals surface area contributed by atoms with Crippen LogP contribution in [0.4, 0.5) is 5.13 Å². The summed E-state index contributed by atoms with van der Waals surface area (Å²) in [6.45, 7) is 1.89. The van der Waals surface area contributed by atoms with Gasteiger partial charge in [-0.1, -0.05) is 53.0 Å². The summed E-state index contributed by atoms with van der Waals surface area (Å²) >= 11 is 19.3. The lowest BCUT2D eigenvalue weighted by Crippen LogP contribution is -1.99. The third-order valence-corrected chi connectivity index (χ3v) is 5.04. The number of halogens is 3. The van der Waals surface area contributed by atoms with E-state index in [4.69, 9.17) is 34.8 Å². The number of nitrogens with one attached hydrogen (secondary N) is 1. The van der Waals surface area contributed by atoms with Crippen LogP contribution in [0.3, 0.4) is 0 Å². The summed E-state index contributed by atoms with van der Waals surface area (Å²) in [5.74, 6) is 0. The van der Waals surface area contributed by atoms with Crippen LogP contribution >= 0.6 is 46.1 Å². The van der Waals surface area contributed by atoms with Crippen LogP contribution in [0, 0.1) is 0 Å². The quantitative estimate of drug-likeness (QED) is 0.398. The lowest BCUT2D eigenvalue weighted by Gasteiger charge is -2.03. The molecule has 3 rings (SSSR count). The van der Waals surface area contributed by atoms with E-state index in [-0.39, 0.29) is 0 Å². The van der Waals surface area contributed by atoms with Crippen LogP contribution in [-0.4, -0.2) is 10.7 Å². The van der Waals surface area contributed by atoms with Crippen LogP contribution in [0.15, 0.2) is 52.9 Å². The minimum absolute atomic E-state index is 0.503. The van der Waals surface area contributed by atoms with Crippen molar-refractivity contribution in [2.75, 3.05) is 5.43 Å². The van der Waals surface area contributed by atoms with Gasteiger partial charge in [0.25, 0.3) is 0 Å². The van der Waals surface area contributed by atoms with Gasteiger partial charge in [-0.3, -0.25) is 5.43 Å². The predicted molar refractivity (Wildman–Crippen MR) is 105 cm³/mol. The normalized spacial score (nSPS) is 11.6. The summed E-state index contributed by atoms with van der Waals surface area (Å²) in [7, 11) is 0. The number of aromatic nitrogens is 1. The standard InChI is InChI=1S/C17H12Cl3N3S/c1-10(12-4-7-14(19)15(20)8-12)22-23-17-21-16(9-24-17)11-2-5-13(18)6-3-11/h2-9H,1H3,(H,21,23)/b22-10+. The van der Waals surface area contributed by atoms with Crippen LogP contribution in [0.5, 0.6) is 0 Å². The van der Waals surface area contributed by atoms with E-state index < -0.39 is 0 Å². The van der Waals surface area contributed by atoms with Gasteiger partial charge in [-0.25, -0.2) is 4.98 Å². The number of benzene rings is 2. The van der Waals surface area contributed by atoms with E-state index in [2.05, 4.69) is 15.5 Å². The molecule has 0 atom stereocenters. The molecule has 24 heavy (non-hydrogen) atoms.